The first-order chi connectivity index (χ1) is 7.54. The summed E-state index contributed by atoms with van der Waals surface area (Å²) in [6.07, 6.45) is 1.10. The molecule has 4 heteroatoms. The van der Waals surface area contributed by atoms with Crippen LogP contribution in [0.4, 0.5) is 0 Å². The second-order valence-corrected chi connectivity index (χ2v) is 5.18. The van der Waals surface area contributed by atoms with Gasteiger partial charge in [-0.05, 0) is 24.1 Å². The molecule has 0 saturated heterocycles. The Hall–Kier alpha value is -0.610. The maximum absolute atomic E-state index is 5.72. The maximum atomic E-state index is 5.72. The summed E-state index contributed by atoms with van der Waals surface area (Å²) < 4.78 is 6.67. The van der Waals surface area contributed by atoms with E-state index < -0.39 is 0 Å². The van der Waals surface area contributed by atoms with E-state index in [-0.39, 0.29) is 0 Å². The van der Waals surface area contributed by atoms with Crippen LogP contribution in [0.15, 0.2) is 22.7 Å². The Morgan fingerprint density at radius 1 is 1.56 bits per heavy atom. The lowest BCUT2D eigenvalue weighted by Gasteiger charge is -2.14. The topological polar surface area (TPSA) is 35.2 Å². The van der Waals surface area contributed by atoms with Gasteiger partial charge in [0, 0.05) is 4.47 Å². The molecule has 1 atom stereocenters. The number of ether oxygens (including phenoxy) is 1. The van der Waals surface area contributed by atoms with Crippen molar-refractivity contribution in [3.63, 3.8) is 0 Å². The van der Waals surface area contributed by atoms with Gasteiger partial charge in [0.05, 0.1) is 12.2 Å². The third-order valence-corrected chi connectivity index (χ3v) is 3.14. The Kier molecular flexibility index (Phi) is 5.22. The predicted molar refractivity (Wildman–Crippen MR) is 75.0 cm³/mol. The highest BCUT2D eigenvalue weighted by molar-refractivity contribution is 9.10. The molecule has 2 nitrogen and oxygen atoms in total. The molecule has 88 valence electrons. The first kappa shape index (κ1) is 13.5. The molecule has 0 fully saturated rings. The molecule has 1 aromatic carbocycles. The largest absolute Gasteiger partial charge is 0.493 e. The van der Waals surface area contributed by atoms with Gasteiger partial charge in [-0.1, -0.05) is 48.4 Å². The van der Waals surface area contributed by atoms with E-state index in [1.165, 1.54) is 0 Å². The van der Waals surface area contributed by atoms with E-state index in [1.807, 2.05) is 18.2 Å². The molecule has 1 rings (SSSR count). The van der Waals surface area contributed by atoms with Gasteiger partial charge in [-0.25, -0.2) is 0 Å². The molecular weight excluding hydrogens is 286 g/mol. The summed E-state index contributed by atoms with van der Waals surface area (Å²) in [7, 11) is 0. The summed E-state index contributed by atoms with van der Waals surface area (Å²) in [6, 6.07) is 5.70. The normalized spacial score (nSPS) is 12.2. The zero-order valence-electron chi connectivity index (χ0n) is 9.50. The summed E-state index contributed by atoms with van der Waals surface area (Å²) in [5.74, 6) is 1.29. The Labute approximate surface area is 110 Å². The van der Waals surface area contributed by atoms with Crippen LogP contribution in [-0.4, -0.2) is 11.6 Å². The summed E-state index contributed by atoms with van der Waals surface area (Å²) >= 11 is 8.38. The van der Waals surface area contributed by atoms with Crippen molar-refractivity contribution in [2.45, 2.75) is 20.3 Å². The van der Waals surface area contributed by atoms with E-state index in [2.05, 4.69) is 29.8 Å². The third-order valence-electron chi connectivity index (χ3n) is 2.43. The predicted octanol–water partition coefficient (Wildman–Crippen LogP) is 3.51. The fourth-order valence-corrected chi connectivity index (χ4v) is 1.69. The SMILES string of the molecule is CCC(C)COc1ccc(Br)cc1C(N)=S. The van der Waals surface area contributed by atoms with E-state index in [4.69, 9.17) is 22.7 Å². The quantitative estimate of drug-likeness (QED) is 0.845. The molecule has 0 aliphatic carbocycles. The third kappa shape index (κ3) is 3.76. The van der Waals surface area contributed by atoms with Gasteiger partial charge in [0.2, 0.25) is 0 Å². The molecule has 0 radical (unpaired) electrons. The molecule has 0 aliphatic heterocycles. The molecule has 0 amide bonds. The van der Waals surface area contributed by atoms with Crippen LogP contribution >= 0.6 is 28.1 Å². The Balaban J connectivity index is 2.82. The highest BCUT2D eigenvalue weighted by Gasteiger charge is 2.08. The standard InChI is InChI=1S/C12H16BrNOS/c1-3-8(2)7-15-11-5-4-9(13)6-10(11)12(14)16/h4-6,8H,3,7H2,1-2H3,(H2,14,16). The molecular formula is C12H16BrNOS. The Bertz CT molecular complexity index is 381. The van der Waals surface area contributed by atoms with Gasteiger partial charge < -0.3 is 10.5 Å². The van der Waals surface area contributed by atoms with Crippen molar-refractivity contribution in [3.8, 4) is 5.75 Å². The van der Waals surface area contributed by atoms with Crippen LogP contribution in [0.1, 0.15) is 25.8 Å². The van der Waals surface area contributed by atoms with E-state index in [0.29, 0.717) is 17.5 Å². The van der Waals surface area contributed by atoms with Gasteiger partial charge in [0.15, 0.2) is 0 Å². The summed E-state index contributed by atoms with van der Waals surface area (Å²) in [6.45, 7) is 4.98. The molecule has 0 aliphatic rings. The van der Waals surface area contributed by atoms with Crippen LogP contribution < -0.4 is 10.5 Å². The maximum Gasteiger partial charge on any atom is 0.129 e. The highest BCUT2D eigenvalue weighted by Crippen LogP contribution is 2.23. The minimum atomic E-state index is 0.362. The Morgan fingerprint density at radius 2 is 2.25 bits per heavy atom. The average molecular weight is 302 g/mol. The molecule has 0 spiro atoms. The van der Waals surface area contributed by atoms with E-state index in [0.717, 1.165) is 22.2 Å². The fourth-order valence-electron chi connectivity index (χ4n) is 1.17. The second-order valence-electron chi connectivity index (χ2n) is 3.83. The van der Waals surface area contributed by atoms with E-state index in [9.17, 15) is 0 Å². The average Bonchev–Trinajstić information content (AvgIpc) is 2.26. The van der Waals surface area contributed by atoms with Gasteiger partial charge in [0.25, 0.3) is 0 Å². The van der Waals surface area contributed by atoms with Gasteiger partial charge in [-0.3, -0.25) is 0 Å². The fraction of sp³-hybridized carbons (Fsp3) is 0.417. The lowest BCUT2D eigenvalue weighted by Crippen LogP contribution is -2.14. The number of hydrogen-bond acceptors (Lipinski definition) is 2. The number of nitrogens with two attached hydrogens (primary N) is 1. The highest BCUT2D eigenvalue weighted by atomic mass is 79.9. The minimum absolute atomic E-state index is 0.362. The Morgan fingerprint density at radius 3 is 2.81 bits per heavy atom. The van der Waals surface area contributed by atoms with Gasteiger partial charge >= 0.3 is 0 Å². The van der Waals surface area contributed by atoms with Crippen molar-refractivity contribution in [2.24, 2.45) is 11.7 Å². The molecule has 16 heavy (non-hydrogen) atoms. The van der Waals surface area contributed by atoms with Crippen LogP contribution in [-0.2, 0) is 0 Å². The van der Waals surface area contributed by atoms with Crippen LogP contribution in [0.2, 0.25) is 0 Å². The van der Waals surface area contributed by atoms with Gasteiger partial charge in [-0.2, -0.15) is 0 Å². The summed E-state index contributed by atoms with van der Waals surface area (Å²) in [4.78, 5) is 0.362. The molecule has 1 unspecified atom stereocenters. The van der Waals surface area contributed by atoms with Gasteiger partial charge in [-0.15, -0.1) is 0 Å². The van der Waals surface area contributed by atoms with Crippen molar-refractivity contribution in [1.82, 2.24) is 0 Å². The van der Waals surface area contributed by atoms with E-state index >= 15 is 0 Å². The number of hydrogen-bond donors (Lipinski definition) is 1. The first-order valence-corrected chi connectivity index (χ1v) is 6.46. The zero-order chi connectivity index (χ0) is 12.1. The van der Waals surface area contributed by atoms with Crippen LogP contribution in [0.25, 0.3) is 0 Å². The summed E-state index contributed by atoms with van der Waals surface area (Å²) in [5, 5.41) is 0. The van der Waals surface area contributed by atoms with E-state index in [1.54, 1.807) is 0 Å². The first-order valence-electron chi connectivity index (χ1n) is 5.26. The molecule has 2 N–H and O–H groups in total. The van der Waals surface area contributed by atoms with Crippen LogP contribution in [0.3, 0.4) is 0 Å². The number of rotatable bonds is 5. The monoisotopic (exact) mass is 301 g/mol. The molecule has 0 bridgehead atoms. The van der Waals surface area contributed by atoms with Crippen LogP contribution in [0.5, 0.6) is 5.75 Å². The molecule has 0 aromatic heterocycles. The smallest absolute Gasteiger partial charge is 0.129 e. The van der Waals surface area contributed by atoms with Crippen molar-refractivity contribution >= 4 is 33.1 Å². The van der Waals surface area contributed by atoms with Gasteiger partial charge in [0.1, 0.15) is 10.7 Å². The van der Waals surface area contributed by atoms with Crippen molar-refractivity contribution in [1.29, 1.82) is 0 Å². The number of thiocarbonyl (C=S) groups is 1. The minimum Gasteiger partial charge on any atom is -0.493 e. The lowest BCUT2D eigenvalue weighted by atomic mass is 10.1. The molecule has 0 saturated carbocycles. The summed E-state index contributed by atoms with van der Waals surface area (Å²) in [5.41, 5.74) is 6.44. The second kappa shape index (κ2) is 6.21. The zero-order valence-corrected chi connectivity index (χ0v) is 11.9. The van der Waals surface area contributed by atoms with Crippen molar-refractivity contribution in [2.75, 3.05) is 6.61 Å². The van der Waals surface area contributed by atoms with Crippen molar-refractivity contribution < 1.29 is 4.74 Å². The lowest BCUT2D eigenvalue weighted by molar-refractivity contribution is 0.256. The number of halogens is 1. The molecule has 1 aromatic rings. The molecule has 0 heterocycles. The number of benzene rings is 1. The van der Waals surface area contributed by atoms with Crippen LogP contribution in [0, 0.1) is 5.92 Å². The van der Waals surface area contributed by atoms with Crippen molar-refractivity contribution in [3.05, 3.63) is 28.2 Å².